The van der Waals surface area contributed by atoms with Crippen LogP contribution < -0.4 is 5.46 Å². The van der Waals surface area contributed by atoms with Crippen molar-refractivity contribution >= 4 is 18.6 Å². The number of allylic oxidation sites excluding steroid dienone is 1. The van der Waals surface area contributed by atoms with Crippen LogP contribution >= 0.6 is 0 Å². The summed E-state index contributed by atoms with van der Waals surface area (Å²) in [4.78, 5) is 4.20. The van der Waals surface area contributed by atoms with Crippen molar-refractivity contribution in [3.8, 4) is 0 Å². The van der Waals surface area contributed by atoms with Crippen LogP contribution in [0.4, 0.5) is 0 Å². The Morgan fingerprint density at radius 2 is 2.22 bits per heavy atom. The molecule has 1 N–H and O–H groups in total. The highest BCUT2D eigenvalue weighted by molar-refractivity contribution is 6.67. The predicted molar refractivity (Wildman–Crippen MR) is 76.9 cm³/mol. The van der Waals surface area contributed by atoms with Crippen molar-refractivity contribution in [1.29, 1.82) is 0 Å². The Balaban J connectivity index is 1.73. The van der Waals surface area contributed by atoms with Crippen LogP contribution in [0.1, 0.15) is 24.0 Å². The molecule has 0 unspecified atom stereocenters. The minimum Gasteiger partial charge on any atom is -0.446 e. The van der Waals surface area contributed by atoms with E-state index in [-0.39, 0.29) is 6.92 Å². The fourth-order valence-corrected chi connectivity index (χ4v) is 2.83. The molecule has 0 amide bonds. The topological polar surface area (TPSA) is 32.6 Å². The molecule has 1 aromatic carbocycles. The summed E-state index contributed by atoms with van der Waals surface area (Å²) in [7, 11) is 0. The fourth-order valence-electron chi connectivity index (χ4n) is 2.83. The van der Waals surface area contributed by atoms with Gasteiger partial charge in [0.05, 0.1) is 6.54 Å². The van der Waals surface area contributed by atoms with Crippen molar-refractivity contribution in [1.82, 2.24) is 0 Å². The lowest BCUT2D eigenvalue weighted by Gasteiger charge is -2.19. The molecule has 0 aliphatic carbocycles. The lowest BCUT2D eigenvalue weighted by molar-refractivity contribution is 0.574. The molecule has 0 atom stereocenters. The first kappa shape index (κ1) is 11.7. The molecule has 3 heteroatoms. The number of aryl methyl sites for hydroxylation is 2. The minimum absolute atomic E-state index is 0.249. The number of aliphatic imine (C=N–C) groups is 1. The predicted octanol–water partition coefficient (Wildman–Crippen LogP) is 1.77. The molecule has 1 aromatic rings. The Labute approximate surface area is 109 Å². The molecule has 0 spiro atoms. The molecule has 0 radical (unpaired) electrons. The third-order valence-corrected chi connectivity index (χ3v) is 3.91. The molecule has 2 nitrogen and oxygen atoms in total. The number of hydrogen-bond acceptors (Lipinski definition) is 2. The van der Waals surface area contributed by atoms with E-state index in [2.05, 4.69) is 29.3 Å². The van der Waals surface area contributed by atoms with Gasteiger partial charge in [0.1, 0.15) is 0 Å². The second kappa shape index (κ2) is 5.11. The van der Waals surface area contributed by atoms with Crippen molar-refractivity contribution < 1.29 is 5.02 Å². The van der Waals surface area contributed by atoms with Crippen LogP contribution in [-0.4, -0.2) is 24.7 Å². The Bertz CT molecular complexity index is 507. The van der Waals surface area contributed by atoms with Crippen molar-refractivity contribution in [2.75, 3.05) is 6.54 Å². The summed E-state index contributed by atoms with van der Waals surface area (Å²) < 4.78 is 0. The Morgan fingerprint density at radius 1 is 1.28 bits per heavy atom. The smallest absolute Gasteiger partial charge is 0.323 e. The number of rotatable bonds is 3. The van der Waals surface area contributed by atoms with Gasteiger partial charge in [0, 0.05) is 6.21 Å². The van der Waals surface area contributed by atoms with Gasteiger partial charge in [0.15, 0.2) is 0 Å². The molecule has 2 aliphatic heterocycles. The molecule has 2 aliphatic rings. The summed E-state index contributed by atoms with van der Waals surface area (Å²) in [6, 6.07) is 6.61. The third kappa shape index (κ3) is 2.41. The standard InChI is InChI=1S/C15H18BNO/c18-16-8-1-2-14-6-5-12(10-15(14)16)3-4-13-7-9-17-11-13/h5-7,10-11,18H,1-4,8-9H2. The van der Waals surface area contributed by atoms with Gasteiger partial charge < -0.3 is 5.02 Å². The van der Waals surface area contributed by atoms with Gasteiger partial charge in [0.25, 0.3) is 0 Å². The maximum atomic E-state index is 10.0. The summed E-state index contributed by atoms with van der Waals surface area (Å²) in [6.45, 7) is 0.596. The molecule has 92 valence electrons. The van der Waals surface area contributed by atoms with Crippen LogP contribution in [0.2, 0.25) is 6.32 Å². The second-order valence-electron chi connectivity index (χ2n) is 5.21. The monoisotopic (exact) mass is 239 g/mol. The molecule has 3 rings (SSSR count). The highest BCUT2D eigenvalue weighted by Gasteiger charge is 2.22. The molecule has 0 saturated heterocycles. The Kier molecular flexibility index (Phi) is 3.33. The lowest BCUT2D eigenvalue weighted by Crippen LogP contribution is -2.36. The average molecular weight is 239 g/mol. The van der Waals surface area contributed by atoms with Crippen molar-refractivity contribution in [3.05, 3.63) is 41.0 Å². The van der Waals surface area contributed by atoms with Gasteiger partial charge in [0.2, 0.25) is 0 Å². The van der Waals surface area contributed by atoms with E-state index in [4.69, 9.17) is 0 Å². The quantitative estimate of drug-likeness (QED) is 0.801. The summed E-state index contributed by atoms with van der Waals surface area (Å²) in [5, 5.41) is 10.0. The lowest BCUT2D eigenvalue weighted by atomic mass is 9.53. The van der Waals surface area contributed by atoms with Crippen LogP contribution in [0.5, 0.6) is 0 Å². The van der Waals surface area contributed by atoms with Crippen molar-refractivity contribution in [2.24, 2.45) is 4.99 Å². The normalized spacial score (nSPS) is 17.8. The molecule has 0 fully saturated rings. The molecule has 0 bridgehead atoms. The second-order valence-corrected chi connectivity index (χ2v) is 5.21. The zero-order chi connectivity index (χ0) is 12.4. The highest BCUT2D eigenvalue weighted by atomic mass is 16.2. The molecule has 18 heavy (non-hydrogen) atoms. The highest BCUT2D eigenvalue weighted by Crippen LogP contribution is 2.16. The summed E-state index contributed by atoms with van der Waals surface area (Å²) in [5.74, 6) is 0. The van der Waals surface area contributed by atoms with E-state index in [1.807, 2.05) is 6.21 Å². The first-order chi connectivity index (χ1) is 8.83. The van der Waals surface area contributed by atoms with E-state index in [1.165, 1.54) is 16.7 Å². The van der Waals surface area contributed by atoms with Crippen molar-refractivity contribution in [2.45, 2.75) is 32.0 Å². The SMILES string of the molecule is OB1CCCc2ccc(CCC3=CCN=C3)cc21. The number of benzene rings is 1. The molecule has 0 saturated carbocycles. The van der Waals surface area contributed by atoms with Crippen LogP contribution in [0, 0.1) is 0 Å². The van der Waals surface area contributed by atoms with Crippen LogP contribution in [-0.2, 0) is 12.8 Å². The van der Waals surface area contributed by atoms with Crippen LogP contribution in [0.15, 0.2) is 34.8 Å². The van der Waals surface area contributed by atoms with E-state index in [9.17, 15) is 5.02 Å². The number of hydrogen-bond donors (Lipinski definition) is 1. The van der Waals surface area contributed by atoms with Gasteiger partial charge in [-0.3, -0.25) is 4.99 Å². The minimum atomic E-state index is -0.249. The van der Waals surface area contributed by atoms with Gasteiger partial charge >= 0.3 is 6.92 Å². The largest absolute Gasteiger partial charge is 0.446 e. The molecular formula is C15H18BNO. The number of nitrogens with zero attached hydrogens (tertiary/aromatic N) is 1. The number of fused-ring (bicyclic) bond motifs is 1. The fraction of sp³-hybridized carbons (Fsp3) is 0.400. The third-order valence-electron chi connectivity index (χ3n) is 3.91. The van der Waals surface area contributed by atoms with E-state index < -0.39 is 0 Å². The Hall–Kier alpha value is -1.35. The van der Waals surface area contributed by atoms with Crippen molar-refractivity contribution in [3.63, 3.8) is 0 Å². The van der Waals surface area contributed by atoms with Gasteiger partial charge in [-0.1, -0.05) is 36.3 Å². The summed E-state index contributed by atoms with van der Waals surface area (Å²) in [6.07, 6.45) is 9.40. The molecule has 2 heterocycles. The summed E-state index contributed by atoms with van der Waals surface area (Å²) in [5.41, 5.74) is 5.16. The van der Waals surface area contributed by atoms with E-state index in [0.717, 1.165) is 44.0 Å². The van der Waals surface area contributed by atoms with Crippen LogP contribution in [0.3, 0.4) is 0 Å². The zero-order valence-electron chi connectivity index (χ0n) is 10.6. The maximum absolute atomic E-state index is 10.0. The molecule has 0 aromatic heterocycles. The van der Waals surface area contributed by atoms with Gasteiger partial charge in [-0.25, -0.2) is 0 Å². The van der Waals surface area contributed by atoms with E-state index in [1.54, 1.807) is 0 Å². The summed E-state index contributed by atoms with van der Waals surface area (Å²) >= 11 is 0. The van der Waals surface area contributed by atoms with E-state index in [0.29, 0.717) is 0 Å². The maximum Gasteiger partial charge on any atom is 0.323 e. The molecular weight excluding hydrogens is 221 g/mol. The van der Waals surface area contributed by atoms with Crippen LogP contribution in [0.25, 0.3) is 0 Å². The van der Waals surface area contributed by atoms with Gasteiger partial charge in [-0.15, -0.1) is 0 Å². The first-order valence-electron chi connectivity index (χ1n) is 6.81. The average Bonchev–Trinajstić information content (AvgIpc) is 2.90. The Morgan fingerprint density at radius 3 is 3.06 bits per heavy atom. The zero-order valence-corrected chi connectivity index (χ0v) is 10.6. The van der Waals surface area contributed by atoms with E-state index >= 15 is 0 Å². The van der Waals surface area contributed by atoms with Gasteiger partial charge in [-0.2, -0.15) is 0 Å². The van der Waals surface area contributed by atoms with Gasteiger partial charge in [-0.05, 0) is 42.2 Å². The first-order valence-corrected chi connectivity index (χ1v) is 6.81.